The molecule has 0 unspecified atom stereocenters. The number of thioether (sulfide) groups is 1. The molecule has 0 bridgehead atoms. The fourth-order valence-corrected chi connectivity index (χ4v) is 4.10. The van der Waals surface area contributed by atoms with Crippen LogP contribution in [0.4, 0.5) is 4.79 Å². The van der Waals surface area contributed by atoms with Crippen molar-refractivity contribution >= 4 is 29.0 Å². The predicted octanol–water partition coefficient (Wildman–Crippen LogP) is 4.89. The molecule has 0 N–H and O–H groups in total. The van der Waals surface area contributed by atoms with Crippen molar-refractivity contribution in [1.82, 2.24) is 9.47 Å². The Labute approximate surface area is 172 Å². The number of aryl methyl sites for hydroxylation is 1. The Morgan fingerprint density at radius 3 is 2.59 bits per heavy atom. The zero-order chi connectivity index (χ0) is 20.4. The highest BCUT2D eigenvalue weighted by Gasteiger charge is 2.35. The summed E-state index contributed by atoms with van der Waals surface area (Å²) < 4.78 is 1.99. The molecular formula is C23H17N3O2S. The van der Waals surface area contributed by atoms with Gasteiger partial charge in [0.1, 0.15) is 0 Å². The van der Waals surface area contributed by atoms with Crippen molar-refractivity contribution in [2.45, 2.75) is 13.5 Å². The largest absolute Gasteiger partial charge is 0.317 e. The normalized spacial score (nSPS) is 15.2. The Morgan fingerprint density at radius 1 is 1.03 bits per heavy atom. The van der Waals surface area contributed by atoms with E-state index in [4.69, 9.17) is 0 Å². The molecule has 0 aliphatic carbocycles. The number of hydrogen-bond donors (Lipinski definition) is 0. The molecule has 5 nitrogen and oxygen atoms in total. The second-order valence-corrected chi connectivity index (χ2v) is 7.62. The monoisotopic (exact) mass is 399 g/mol. The van der Waals surface area contributed by atoms with Crippen LogP contribution in [-0.2, 0) is 11.3 Å². The maximum Gasteiger partial charge on any atom is 0.293 e. The third kappa shape index (κ3) is 3.60. The third-order valence-electron chi connectivity index (χ3n) is 4.77. The van der Waals surface area contributed by atoms with E-state index in [1.54, 1.807) is 30.3 Å². The summed E-state index contributed by atoms with van der Waals surface area (Å²) in [5.41, 5.74) is 4.07. The molecule has 0 saturated carbocycles. The van der Waals surface area contributed by atoms with Crippen LogP contribution in [0.2, 0.25) is 0 Å². The SMILES string of the molecule is Cc1ccccc1-n1cccc1/C=C1/SC(=O)N(Cc2ccccc2C#N)C1=O. The lowest BCUT2D eigenvalue weighted by atomic mass is 10.1. The molecule has 1 saturated heterocycles. The van der Waals surface area contributed by atoms with E-state index in [0.717, 1.165) is 28.7 Å². The van der Waals surface area contributed by atoms with Gasteiger partial charge in [-0.3, -0.25) is 14.5 Å². The Bertz CT molecular complexity index is 1190. The second kappa shape index (κ2) is 7.82. The van der Waals surface area contributed by atoms with Gasteiger partial charge in [0.25, 0.3) is 11.1 Å². The molecule has 6 heteroatoms. The zero-order valence-electron chi connectivity index (χ0n) is 15.7. The molecule has 29 heavy (non-hydrogen) atoms. The number of amides is 2. The number of aromatic nitrogens is 1. The molecule has 0 spiro atoms. The van der Waals surface area contributed by atoms with Gasteiger partial charge in [-0.2, -0.15) is 5.26 Å². The summed E-state index contributed by atoms with van der Waals surface area (Å²) in [6.45, 7) is 2.12. The molecule has 3 aromatic rings. The molecule has 1 aromatic heterocycles. The van der Waals surface area contributed by atoms with E-state index in [-0.39, 0.29) is 17.7 Å². The minimum atomic E-state index is -0.342. The molecule has 1 aliphatic heterocycles. The van der Waals surface area contributed by atoms with Gasteiger partial charge in [0.05, 0.1) is 23.1 Å². The van der Waals surface area contributed by atoms with E-state index < -0.39 is 0 Å². The fourth-order valence-electron chi connectivity index (χ4n) is 3.27. The maximum absolute atomic E-state index is 12.9. The standard InChI is InChI=1S/C23H17N3O2S/c1-16-7-2-5-11-20(16)25-12-6-10-19(25)13-21-22(27)26(23(28)29-21)15-18-9-4-3-8-17(18)14-24/h2-13H,15H2,1H3/b21-13+. The van der Waals surface area contributed by atoms with Gasteiger partial charge in [-0.05, 0) is 60.2 Å². The molecular weight excluding hydrogens is 382 g/mol. The van der Waals surface area contributed by atoms with Crippen LogP contribution in [0.1, 0.15) is 22.4 Å². The number of benzene rings is 2. The fraction of sp³-hybridized carbons (Fsp3) is 0.0870. The van der Waals surface area contributed by atoms with Gasteiger partial charge in [0, 0.05) is 17.6 Å². The number of nitriles is 1. The van der Waals surface area contributed by atoms with Crippen LogP contribution >= 0.6 is 11.8 Å². The van der Waals surface area contributed by atoms with E-state index >= 15 is 0 Å². The Balaban J connectivity index is 1.64. The Kier molecular flexibility index (Phi) is 5.07. The molecule has 2 aromatic carbocycles. The number of hydrogen-bond acceptors (Lipinski definition) is 4. The summed E-state index contributed by atoms with van der Waals surface area (Å²) in [6.07, 6.45) is 3.68. The van der Waals surface area contributed by atoms with Crippen LogP contribution in [0.15, 0.2) is 71.8 Å². The van der Waals surface area contributed by atoms with Gasteiger partial charge in [-0.1, -0.05) is 36.4 Å². The molecule has 1 aliphatic rings. The average molecular weight is 399 g/mol. The highest BCUT2D eigenvalue weighted by molar-refractivity contribution is 8.18. The van der Waals surface area contributed by atoms with Crippen LogP contribution < -0.4 is 0 Å². The highest BCUT2D eigenvalue weighted by atomic mass is 32.2. The Morgan fingerprint density at radius 2 is 1.79 bits per heavy atom. The second-order valence-electron chi connectivity index (χ2n) is 6.63. The van der Waals surface area contributed by atoms with E-state index in [1.165, 1.54) is 4.90 Å². The molecule has 0 atom stereocenters. The molecule has 2 amide bonds. The summed E-state index contributed by atoms with van der Waals surface area (Å²) in [5.74, 6) is -0.342. The number of imide groups is 1. The lowest BCUT2D eigenvalue weighted by molar-refractivity contribution is -0.123. The summed E-state index contributed by atoms with van der Waals surface area (Å²) in [5, 5.41) is 8.92. The van der Waals surface area contributed by atoms with Crippen molar-refractivity contribution in [2.24, 2.45) is 0 Å². The lowest BCUT2D eigenvalue weighted by Gasteiger charge is -2.13. The van der Waals surface area contributed by atoms with Crippen molar-refractivity contribution < 1.29 is 9.59 Å². The third-order valence-corrected chi connectivity index (χ3v) is 5.68. The topological polar surface area (TPSA) is 66.1 Å². The van der Waals surface area contributed by atoms with Crippen molar-refractivity contribution in [3.05, 3.63) is 94.1 Å². The Hall–Kier alpha value is -3.56. The first-order chi connectivity index (χ1) is 14.1. The predicted molar refractivity (Wildman–Crippen MR) is 113 cm³/mol. The van der Waals surface area contributed by atoms with Crippen LogP contribution in [0.3, 0.4) is 0 Å². The number of carbonyl (C=O) groups is 2. The van der Waals surface area contributed by atoms with Crippen molar-refractivity contribution in [3.8, 4) is 11.8 Å². The van der Waals surface area contributed by atoms with Crippen molar-refractivity contribution in [3.63, 3.8) is 0 Å². The summed E-state index contributed by atoms with van der Waals surface area (Å²) in [6, 6.07) is 20.9. The van der Waals surface area contributed by atoms with E-state index in [0.29, 0.717) is 16.0 Å². The number of carbonyl (C=O) groups excluding carboxylic acids is 2. The number of rotatable bonds is 4. The van der Waals surface area contributed by atoms with Gasteiger partial charge in [0.2, 0.25) is 0 Å². The first kappa shape index (κ1) is 18.8. The average Bonchev–Trinajstić information content (AvgIpc) is 3.29. The van der Waals surface area contributed by atoms with Crippen molar-refractivity contribution in [1.29, 1.82) is 5.26 Å². The quantitative estimate of drug-likeness (QED) is 0.586. The molecule has 4 rings (SSSR count). The maximum atomic E-state index is 12.9. The van der Waals surface area contributed by atoms with E-state index in [9.17, 15) is 14.9 Å². The van der Waals surface area contributed by atoms with Gasteiger partial charge in [-0.15, -0.1) is 0 Å². The van der Waals surface area contributed by atoms with Crippen LogP contribution in [0.5, 0.6) is 0 Å². The van der Waals surface area contributed by atoms with Crippen molar-refractivity contribution in [2.75, 3.05) is 0 Å². The number of para-hydroxylation sites is 1. The smallest absolute Gasteiger partial charge is 0.293 e. The molecule has 0 radical (unpaired) electrons. The van der Waals surface area contributed by atoms with Crippen LogP contribution in [0.25, 0.3) is 11.8 Å². The molecule has 142 valence electrons. The summed E-state index contributed by atoms with van der Waals surface area (Å²) in [7, 11) is 0. The van der Waals surface area contributed by atoms with Gasteiger partial charge >= 0.3 is 0 Å². The van der Waals surface area contributed by atoms with Gasteiger partial charge < -0.3 is 4.57 Å². The molecule has 1 fully saturated rings. The number of nitrogens with zero attached hydrogens (tertiary/aromatic N) is 3. The highest BCUT2D eigenvalue weighted by Crippen LogP contribution is 2.34. The first-order valence-corrected chi connectivity index (χ1v) is 9.87. The minimum Gasteiger partial charge on any atom is -0.317 e. The van der Waals surface area contributed by atoms with Crippen LogP contribution in [-0.4, -0.2) is 20.6 Å². The van der Waals surface area contributed by atoms with E-state index in [1.807, 2.05) is 54.1 Å². The van der Waals surface area contributed by atoms with E-state index in [2.05, 4.69) is 6.07 Å². The zero-order valence-corrected chi connectivity index (χ0v) is 16.5. The summed E-state index contributed by atoms with van der Waals surface area (Å²) >= 11 is 0.923. The minimum absolute atomic E-state index is 0.0878. The molecule has 2 heterocycles. The first-order valence-electron chi connectivity index (χ1n) is 9.05. The summed E-state index contributed by atoms with van der Waals surface area (Å²) in [4.78, 5) is 26.9. The lowest BCUT2D eigenvalue weighted by Crippen LogP contribution is -2.27. The van der Waals surface area contributed by atoms with Gasteiger partial charge in [0.15, 0.2) is 0 Å². The van der Waals surface area contributed by atoms with Gasteiger partial charge in [-0.25, -0.2) is 0 Å². The van der Waals surface area contributed by atoms with Crippen LogP contribution in [0, 0.1) is 18.3 Å².